The molecule has 2 heterocycles. The Bertz CT molecular complexity index is 1330. The molecule has 0 bridgehead atoms. The van der Waals surface area contributed by atoms with Crippen LogP contribution in [0.15, 0.2) is 64.2 Å². The molecule has 0 saturated carbocycles. The third-order valence-corrected chi connectivity index (χ3v) is 6.41. The molecule has 2 aromatic carbocycles. The van der Waals surface area contributed by atoms with Gasteiger partial charge >= 0.3 is 5.69 Å². The second-order valence-corrected chi connectivity index (χ2v) is 10.3. The Labute approximate surface area is 207 Å². The molecule has 0 fully saturated rings. The molecule has 4 rings (SSSR count). The highest BCUT2D eigenvalue weighted by molar-refractivity contribution is 6.66. The third kappa shape index (κ3) is 5.37. The summed E-state index contributed by atoms with van der Waals surface area (Å²) in [5.74, 6) is 6.27. The molecule has 8 heteroatoms. The summed E-state index contributed by atoms with van der Waals surface area (Å²) in [5.41, 5.74) is 3.28. The van der Waals surface area contributed by atoms with Crippen molar-refractivity contribution in [3.63, 3.8) is 0 Å². The Hall–Kier alpha value is -2.49. The summed E-state index contributed by atoms with van der Waals surface area (Å²) < 4.78 is 1.46. The highest BCUT2D eigenvalue weighted by Crippen LogP contribution is 2.37. The molecule has 0 N–H and O–H groups in total. The number of hydrogen-bond acceptors (Lipinski definition) is 3. The van der Waals surface area contributed by atoms with E-state index in [1.807, 2.05) is 42.5 Å². The molecule has 33 heavy (non-hydrogen) atoms. The van der Waals surface area contributed by atoms with E-state index in [1.165, 1.54) is 4.57 Å². The van der Waals surface area contributed by atoms with Gasteiger partial charge in [0.05, 0.1) is 18.7 Å². The van der Waals surface area contributed by atoms with Crippen LogP contribution in [-0.2, 0) is 30.4 Å². The van der Waals surface area contributed by atoms with Crippen molar-refractivity contribution in [2.24, 2.45) is 7.05 Å². The highest BCUT2D eigenvalue weighted by atomic mass is 35.6. The summed E-state index contributed by atoms with van der Waals surface area (Å²) in [6.07, 6.45) is 0.627. The zero-order valence-corrected chi connectivity index (χ0v) is 20.3. The Morgan fingerprint density at radius 3 is 2.36 bits per heavy atom. The number of benzene rings is 2. The van der Waals surface area contributed by atoms with Gasteiger partial charge in [-0.05, 0) is 17.7 Å². The number of alkyl halides is 3. The van der Waals surface area contributed by atoms with Crippen LogP contribution in [0.5, 0.6) is 0 Å². The lowest BCUT2D eigenvalue weighted by Gasteiger charge is -2.28. The van der Waals surface area contributed by atoms with E-state index in [1.54, 1.807) is 23.7 Å². The van der Waals surface area contributed by atoms with E-state index in [0.29, 0.717) is 30.6 Å². The lowest BCUT2D eigenvalue weighted by molar-refractivity contribution is 0.275. The first-order valence-corrected chi connectivity index (χ1v) is 11.6. The fourth-order valence-corrected chi connectivity index (χ4v) is 4.33. The Balaban J connectivity index is 1.52. The van der Waals surface area contributed by atoms with Crippen LogP contribution in [0.4, 0.5) is 0 Å². The summed E-state index contributed by atoms with van der Waals surface area (Å²) in [6, 6.07) is 16.6. The van der Waals surface area contributed by atoms with Gasteiger partial charge in [-0.1, -0.05) is 89.1 Å². The minimum Gasteiger partial charge on any atom is -0.300 e. The molecule has 0 radical (unpaired) electrons. The SMILES string of the molecule is Cn1c2c(c(=O)n(Cc3ccccc3)c1=O)CN(CC#Cc1ccc(C(Cl)(Cl)Cl)cc1)CC2. The monoisotopic (exact) mass is 501 g/mol. The number of rotatable bonds is 3. The van der Waals surface area contributed by atoms with Crippen molar-refractivity contribution in [1.29, 1.82) is 0 Å². The predicted molar refractivity (Wildman–Crippen MR) is 133 cm³/mol. The number of nitrogens with zero attached hydrogens (tertiary/aromatic N) is 3. The van der Waals surface area contributed by atoms with Crippen LogP contribution >= 0.6 is 34.8 Å². The summed E-state index contributed by atoms with van der Waals surface area (Å²) in [4.78, 5) is 28.1. The van der Waals surface area contributed by atoms with E-state index in [4.69, 9.17) is 34.8 Å². The molecule has 5 nitrogen and oxygen atoms in total. The van der Waals surface area contributed by atoms with Gasteiger partial charge in [0, 0.05) is 43.4 Å². The molecule has 3 aromatic rings. The minimum atomic E-state index is -1.46. The molecule has 1 aromatic heterocycles. The van der Waals surface area contributed by atoms with Crippen LogP contribution < -0.4 is 11.2 Å². The number of hydrogen-bond donors (Lipinski definition) is 0. The van der Waals surface area contributed by atoms with Gasteiger partial charge in [-0.15, -0.1) is 0 Å². The van der Waals surface area contributed by atoms with Crippen LogP contribution in [0.1, 0.15) is 27.9 Å². The van der Waals surface area contributed by atoms with Crippen molar-refractivity contribution in [2.75, 3.05) is 13.1 Å². The molecule has 0 spiro atoms. The molecule has 0 aliphatic carbocycles. The molecule has 0 unspecified atom stereocenters. The van der Waals surface area contributed by atoms with E-state index in [-0.39, 0.29) is 17.8 Å². The molecule has 0 amide bonds. The van der Waals surface area contributed by atoms with E-state index in [9.17, 15) is 9.59 Å². The maximum atomic E-state index is 13.2. The van der Waals surface area contributed by atoms with Crippen LogP contribution in [-0.4, -0.2) is 27.1 Å². The van der Waals surface area contributed by atoms with Crippen molar-refractivity contribution in [3.8, 4) is 11.8 Å². The first-order valence-electron chi connectivity index (χ1n) is 10.5. The second kappa shape index (κ2) is 9.79. The molecule has 1 aliphatic heterocycles. The van der Waals surface area contributed by atoms with Crippen LogP contribution in [0.3, 0.4) is 0 Å². The lowest BCUT2D eigenvalue weighted by atomic mass is 10.1. The lowest BCUT2D eigenvalue weighted by Crippen LogP contribution is -2.47. The minimum absolute atomic E-state index is 0.225. The third-order valence-electron chi connectivity index (χ3n) is 5.75. The topological polar surface area (TPSA) is 47.2 Å². The Morgan fingerprint density at radius 1 is 1.00 bits per heavy atom. The van der Waals surface area contributed by atoms with Crippen molar-refractivity contribution < 1.29 is 0 Å². The zero-order valence-electron chi connectivity index (χ0n) is 18.0. The summed E-state index contributed by atoms with van der Waals surface area (Å²) in [7, 11) is 1.73. The molecular weight excluding hydrogens is 481 g/mol. The van der Waals surface area contributed by atoms with E-state index >= 15 is 0 Å². The Morgan fingerprint density at radius 2 is 1.70 bits per heavy atom. The van der Waals surface area contributed by atoms with Gasteiger partial charge < -0.3 is 4.57 Å². The molecule has 0 saturated heterocycles. The normalized spacial score (nSPS) is 13.8. The summed E-state index contributed by atoms with van der Waals surface area (Å²) in [5, 5.41) is 0. The maximum absolute atomic E-state index is 13.2. The first-order chi connectivity index (χ1) is 15.7. The molecular formula is C25H22Cl3N3O2. The first kappa shape index (κ1) is 23.7. The van der Waals surface area contributed by atoms with E-state index in [2.05, 4.69) is 16.7 Å². The van der Waals surface area contributed by atoms with E-state index < -0.39 is 3.79 Å². The van der Waals surface area contributed by atoms with Gasteiger partial charge in [0.2, 0.25) is 3.79 Å². The van der Waals surface area contributed by atoms with Gasteiger partial charge in [0.25, 0.3) is 5.56 Å². The zero-order chi connectivity index (χ0) is 23.6. The maximum Gasteiger partial charge on any atom is 0.331 e. The van der Waals surface area contributed by atoms with Crippen molar-refractivity contribution >= 4 is 34.8 Å². The standard InChI is InChI=1S/C25H22Cl3N3O2/c1-29-22-13-15-30(14-5-8-18-9-11-20(12-10-18)25(26,27)28)17-21(22)23(32)31(24(29)33)16-19-6-3-2-4-7-19/h2-4,6-7,9-12H,13-17H2,1H3. The van der Waals surface area contributed by atoms with Crippen LogP contribution in [0.25, 0.3) is 0 Å². The number of halogens is 3. The van der Waals surface area contributed by atoms with Crippen molar-refractivity contribution in [2.45, 2.75) is 23.3 Å². The molecule has 0 atom stereocenters. The quantitative estimate of drug-likeness (QED) is 0.404. The van der Waals surface area contributed by atoms with Crippen molar-refractivity contribution in [1.82, 2.24) is 14.0 Å². The molecule has 1 aliphatic rings. The van der Waals surface area contributed by atoms with Gasteiger partial charge in [0.1, 0.15) is 0 Å². The average Bonchev–Trinajstić information content (AvgIpc) is 2.81. The van der Waals surface area contributed by atoms with E-state index in [0.717, 1.165) is 23.4 Å². The van der Waals surface area contributed by atoms with Gasteiger partial charge in [-0.25, -0.2) is 4.79 Å². The van der Waals surface area contributed by atoms with Crippen LogP contribution in [0.2, 0.25) is 0 Å². The summed E-state index contributed by atoms with van der Waals surface area (Å²) in [6.45, 7) is 1.94. The Kier molecular flexibility index (Phi) is 7.02. The van der Waals surface area contributed by atoms with Crippen molar-refractivity contribution in [3.05, 3.63) is 103 Å². The number of aromatic nitrogens is 2. The fourth-order valence-electron chi connectivity index (χ4n) is 3.95. The fraction of sp³-hybridized carbons (Fsp3) is 0.280. The van der Waals surface area contributed by atoms with Crippen LogP contribution in [0, 0.1) is 11.8 Å². The largest absolute Gasteiger partial charge is 0.331 e. The molecule has 170 valence electrons. The predicted octanol–water partition coefficient (Wildman–Crippen LogP) is 3.83. The number of fused-ring (bicyclic) bond motifs is 1. The van der Waals surface area contributed by atoms with Gasteiger partial charge in [-0.2, -0.15) is 0 Å². The smallest absolute Gasteiger partial charge is 0.300 e. The average molecular weight is 503 g/mol. The second-order valence-electron chi connectivity index (χ2n) is 7.98. The van der Waals surface area contributed by atoms with Gasteiger partial charge in [0.15, 0.2) is 0 Å². The summed E-state index contributed by atoms with van der Waals surface area (Å²) >= 11 is 17.7. The highest BCUT2D eigenvalue weighted by Gasteiger charge is 2.24. The van der Waals surface area contributed by atoms with Gasteiger partial charge in [-0.3, -0.25) is 14.3 Å².